The number of hydrogen-bond acceptors (Lipinski definition) is 4. The third-order valence-corrected chi connectivity index (χ3v) is 4.80. The molecule has 0 aliphatic carbocycles. The third kappa shape index (κ3) is 5.17. The summed E-state index contributed by atoms with van der Waals surface area (Å²) in [6, 6.07) is 9.89. The first kappa shape index (κ1) is 20.9. The van der Waals surface area contributed by atoms with E-state index in [9.17, 15) is 18.0 Å². The van der Waals surface area contributed by atoms with Gasteiger partial charge < -0.3 is 15.0 Å². The zero-order valence-electron chi connectivity index (χ0n) is 15.7. The van der Waals surface area contributed by atoms with Gasteiger partial charge in [0.1, 0.15) is 5.75 Å². The van der Waals surface area contributed by atoms with Crippen LogP contribution in [0.15, 0.2) is 42.5 Å². The van der Waals surface area contributed by atoms with Gasteiger partial charge in [0.25, 0.3) is 5.91 Å². The highest BCUT2D eigenvalue weighted by Gasteiger charge is 2.32. The van der Waals surface area contributed by atoms with Crippen LogP contribution in [0.4, 0.5) is 24.5 Å². The molecule has 2 N–H and O–H groups in total. The normalized spacial score (nSPS) is 13.9. The van der Waals surface area contributed by atoms with Crippen molar-refractivity contribution in [1.29, 1.82) is 0 Å². The van der Waals surface area contributed by atoms with Crippen LogP contribution in [-0.2, 0) is 6.18 Å². The first-order chi connectivity index (χ1) is 13.8. The number of nitrogens with zero attached hydrogens (tertiary/aromatic N) is 1. The molecule has 1 amide bonds. The summed E-state index contributed by atoms with van der Waals surface area (Å²) >= 11 is 5.16. The molecule has 3 rings (SSSR count). The van der Waals surface area contributed by atoms with E-state index in [0.717, 1.165) is 38.1 Å². The molecule has 2 aromatic rings. The Balaban J connectivity index is 1.77. The van der Waals surface area contributed by atoms with E-state index in [1.54, 1.807) is 24.3 Å². The van der Waals surface area contributed by atoms with Crippen molar-refractivity contribution in [1.82, 2.24) is 5.32 Å². The van der Waals surface area contributed by atoms with Crippen LogP contribution in [0.25, 0.3) is 0 Å². The van der Waals surface area contributed by atoms with Gasteiger partial charge in [0.05, 0.1) is 24.0 Å². The Morgan fingerprint density at radius 2 is 1.76 bits per heavy atom. The van der Waals surface area contributed by atoms with Crippen LogP contribution in [0.2, 0.25) is 0 Å². The Morgan fingerprint density at radius 3 is 2.34 bits per heavy atom. The average Bonchev–Trinajstić information content (AvgIpc) is 3.21. The smallest absolute Gasteiger partial charge is 0.416 e. The fourth-order valence-corrected chi connectivity index (χ4v) is 3.32. The molecule has 0 aromatic heterocycles. The van der Waals surface area contributed by atoms with E-state index in [1.807, 2.05) is 4.90 Å². The minimum Gasteiger partial charge on any atom is -0.497 e. The monoisotopic (exact) mass is 423 g/mol. The number of carbonyl (C=O) groups is 1. The van der Waals surface area contributed by atoms with Crippen molar-refractivity contribution in [2.45, 2.75) is 19.0 Å². The van der Waals surface area contributed by atoms with Gasteiger partial charge in [-0.1, -0.05) is 0 Å². The van der Waals surface area contributed by atoms with E-state index in [1.165, 1.54) is 13.2 Å². The number of amides is 1. The zero-order valence-corrected chi connectivity index (χ0v) is 16.5. The number of rotatable bonds is 4. The first-order valence-corrected chi connectivity index (χ1v) is 9.41. The molecule has 1 saturated heterocycles. The number of carbonyl (C=O) groups excluding carboxylic acids is 1. The number of halogens is 3. The van der Waals surface area contributed by atoms with Crippen LogP contribution in [-0.4, -0.2) is 31.2 Å². The summed E-state index contributed by atoms with van der Waals surface area (Å²) in [5, 5.41) is 5.18. The molecule has 1 heterocycles. The lowest BCUT2D eigenvalue weighted by Crippen LogP contribution is -2.34. The molecule has 2 aromatic carbocycles. The highest BCUT2D eigenvalue weighted by molar-refractivity contribution is 7.80. The molecular weight excluding hydrogens is 403 g/mol. The number of thiocarbonyl (C=S) groups is 1. The number of benzene rings is 2. The van der Waals surface area contributed by atoms with E-state index < -0.39 is 17.6 Å². The van der Waals surface area contributed by atoms with Gasteiger partial charge in [-0.3, -0.25) is 10.1 Å². The van der Waals surface area contributed by atoms with E-state index in [-0.39, 0.29) is 10.8 Å². The van der Waals surface area contributed by atoms with E-state index >= 15 is 0 Å². The number of hydrogen-bond donors (Lipinski definition) is 2. The van der Waals surface area contributed by atoms with Crippen molar-refractivity contribution in [3.05, 3.63) is 53.6 Å². The van der Waals surface area contributed by atoms with Crippen molar-refractivity contribution in [2.24, 2.45) is 0 Å². The van der Waals surface area contributed by atoms with Crippen LogP contribution < -0.4 is 20.3 Å². The highest BCUT2D eigenvalue weighted by atomic mass is 32.1. The van der Waals surface area contributed by atoms with Gasteiger partial charge in [0.2, 0.25) is 0 Å². The second-order valence-corrected chi connectivity index (χ2v) is 6.97. The molecule has 0 spiro atoms. The minimum absolute atomic E-state index is 0.0782. The van der Waals surface area contributed by atoms with Crippen LogP contribution in [0.1, 0.15) is 28.8 Å². The molecule has 1 aliphatic heterocycles. The van der Waals surface area contributed by atoms with Crippen LogP contribution in [0.5, 0.6) is 5.75 Å². The second-order valence-electron chi connectivity index (χ2n) is 6.56. The predicted octanol–water partition coefficient (Wildman–Crippen LogP) is 4.44. The van der Waals surface area contributed by atoms with Crippen molar-refractivity contribution < 1.29 is 22.7 Å². The molecule has 154 valence electrons. The van der Waals surface area contributed by atoms with Crippen molar-refractivity contribution in [3.8, 4) is 5.75 Å². The van der Waals surface area contributed by atoms with Crippen molar-refractivity contribution in [3.63, 3.8) is 0 Å². The molecule has 0 bridgehead atoms. The molecular formula is C20H20F3N3O2S. The van der Waals surface area contributed by atoms with Gasteiger partial charge in [-0.2, -0.15) is 13.2 Å². The second kappa shape index (κ2) is 8.69. The molecule has 0 saturated carbocycles. The molecule has 9 heteroatoms. The zero-order chi connectivity index (χ0) is 21.0. The van der Waals surface area contributed by atoms with Crippen LogP contribution >= 0.6 is 12.2 Å². The summed E-state index contributed by atoms with van der Waals surface area (Å²) in [5.74, 6) is 0.126. The minimum atomic E-state index is -4.48. The molecule has 29 heavy (non-hydrogen) atoms. The SMILES string of the molecule is COc1ccc(C(=O)NC(=S)Nc2cc(C(F)(F)F)ccc2N2CCCC2)cc1. The van der Waals surface area contributed by atoms with Gasteiger partial charge in [-0.05, 0) is 67.5 Å². The van der Waals surface area contributed by atoms with Gasteiger partial charge in [-0.25, -0.2) is 0 Å². The van der Waals surface area contributed by atoms with Crippen LogP contribution in [0.3, 0.4) is 0 Å². The maximum Gasteiger partial charge on any atom is 0.416 e. The van der Waals surface area contributed by atoms with E-state index in [4.69, 9.17) is 17.0 Å². The van der Waals surface area contributed by atoms with Gasteiger partial charge in [-0.15, -0.1) is 0 Å². The van der Waals surface area contributed by atoms with Gasteiger partial charge >= 0.3 is 6.18 Å². The first-order valence-electron chi connectivity index (χ1n) is 9.00. The molecule has 1 aliphatic rings. The van der Waals surface area contributed by atoms with Gasteiger partial charge in [0, 0.05) is 18.7 Å². The van der Waals surface area contributed by atoms with Crippen molar-refractivity contribution >= 4 is 34.6 Å². The van der Waals surface area contributed by atoms with E-state index in [2.05, 4.69) is 10.6 Å². The Hall–Kier alpha value is -2.81. The van der Waals surface area contributed by atoms with Gasteiger partial charge in [0.15, 0.2) is 5.11 Å². The molecule has 0 atom stereocenters. The highest BCUT2D eigenvalue weighted by Crippen LogP contribution is 2.36. The number of methoxy groups -OCH3 is 1. The maximum atomic E-state index is 13.2. The summed E-state index contributed by atoms with van der Waals surface area (Å²) in [7, 11) is 1.52. The quantitative estimate of drug-likeness (QED) is 0.712. The third-order valence-electron chi connectivity index (χ3n) is 4.60. The predicted molar refractivity (Wildman–Crippen MR) is 110 cm³/mol. The average molecular weight is 423 g/mol. The Kier molecular flexibility index (Phi) is 6.26. The summed E-state index contributed by atoms with van der Waals surface area (Å²) in [6.07, 6.45) is -2.54. The summed E-state index contributed by atoms with van der Waals surface area (Å²) in [4.78, 5) is 14.3. The standard InChI is InChI=1S/C20H20F3N3O2S/c1-28-15-7-4-13(5-8-15)18(27)25-19(29)24-16-12-14(20(21,22)23)6-9-17(16)26-10-2-3-11-26/h4-9,12H,2-3,10-11H2,1H3,(H2,24,25,27,29). The summed E-state index contributed by atoms with van der Waals surface area (Å²) in [6.45, 7) is 1.51. The Labute approximate surface area is 171 Å². The lowest BCUT2D eigenvalue weighted by Gasteiger charge is -2.23. The van der Waals surface area contributed by atoms with E-state index in [0.29, 0.717) is 17.0 Å². The molecule has 0 unspecified atom stereocenters. The number of alkyl halides is 3. The Bertz CT molecular complexity index is 895. The summed E-state index contributed by atoms with van der Waals surface area (Å²) < 4.78 is 44.5. The maximum absolute atomic E-state index is 13.2. The van der Waals surface area contributed by atoms with Crippen LogP contribution in [0, 0.1) is 0 Å². The molecule has 5 nitrogen and oxygen atoms in total. The topological polar surface area (TPSA) is 53.6 Å². The number of nitrogens with one attached hydrogen (secondary N) is 2. The molecule has 0 radical (unpaired) electrons. The Morgan fingerprint density at radius 1 is 1.10 bits per heavy atom. The fourth-order valence-electron chi connectivity index (χ4n) is 3.12. The number of anilines is 2. The summed E-state index contributed by atoms with van der Waals surface area (Å²) in [5.41, 5.74) is 0.393. The lowest BCUT2D eigenvalue weighted by molar-refractivity contribution is -0.137. The van der Waals surface area contributed by atoms with Crippen molar-refractivity contribution in [2.75, 3.05) is 30.4 Å². The molecule has 1 fully saturated rings. The lowest BCUT2D eigenvalue weighted by atomic mass is 10.1. The fraction of sp³-hybridized carbons (Fsp3) is 0.300. The number of ether oxygens (including phenoxy) is 1. The largest absolute Gasteiger partial charge is 0.497 e.